The number of esters is 1. The average Bonchev–Trinajstić information content (AvgIpc) is 3.35. The summed E-state index contributed by atoms with van der Waals surface area (Å²) in [5.74, 6) is -0.779. The fourth-order valence-corrected chi connectivity index (χ4v) is 5.27. The third-order valence-electron chi connectivity index (χ3n) is 5.34. The number of nitrogens with zero attached hydrogens (tertiary/aromatic N) is 1. The molecule has 31 heavy (non-hydrogen) atoms. The third kappa shape index (κ3) is 5.66. The second-order valence-electron chi connectivity index (χ2n) is 7.53. The number of carbonyl (C=O) groups is 3. The molecule has 3 rings (SSSR count). The Morgan fingerprint density at radius 2 is 2.00 bits per heavy atom. The summed E-state index contributed by atoms with van der Waals surface area (Å²) in [6.45, 7) is 2.88. The SMILES string of the molecule is CC[C@H](C)N(C(=O)COC(=O)CNC(=O)c1ccc2c(c1)OCO2)[C@H]1CCS(=O)(=O)C1. The van der Waals surface area contributed by atoms with Gasteiger partial charge in [0.05, 0.1) is 11.5 Å². The second kappa shape index (κ2) is 9.54. The molecule has 0 unspecified atom stereocenters. The summed E-state index contributed by atoms with van der Waals surface area (Å²) < 4.78 is 39.0. The molecule has 0 saturated carbocycles. The molecule has 1 saturated heterocycles. The second-order valence-corrected chi connectivity index (χ2v) is 9.76. The molecule has 170 valence electrons. The van der Waals surface area contributed by atoms with Gasteiger partial charge in [0.15, 0.2) is 27.9 Å². The van der Waals surface area contributed by atoms with Crippen LogP contribution in [0.1, 0.15) is 37.0 Å². The quantitative estimate of drug-likeness (QED) is 0.563. The lowest BCUT2D eigenvalue weighted by Crippen LogP contribution is -2.48. The van der Waals surface area contributed by atoms with E-state index >= 15 is 0 Å². The van der Waals surface area contributed by atoms with Crippen molar-refractivity contribution in [2.24, 2.45) is 0 Å². The molecule has 0 bridgehead atoms. The summed E-state index contributed by atoms with van der Waals surface area (Å²) in [6.07, 6.45) is 1.01. The van der Waals surface area contributed by atoms with E-state index in [0.717, 1.165) is 0 Å². The Kier molecular flexibility index (Phi) is 7.04. The van der Waals surface area contributed by atoms with Crippen LogP contribution in [0.2, 0.25) is 0 Å². The maximum absolute atomic E-state index is 12.7. The van der Waals surface area contributed by atoms with Crippen molar-refractivity contribution in [2.45, 2.75) is 38.8 Å². The van der Waals surface area contributed by atoms with E-state index < -0.39 is 46.8 Å². The van der Waals surface area contributed by atoms with E-state index in [2.05, 4.69) is 5.32 Å². The Bertz CT molecular complexity index is 962. The Labute approximate surface area is 180 Å². The molecule has 1 aromatic rings. The minimum Gasteiger partial charge on any atom is -0.454 e. The van der Waals surface area contributed by atoms with Crippen molar-refractivity contribution < 1.29 is 37.0 Å². The van der Waals surface area contributed by atoms with E-state index in [-0.39, 0.29) is 24.3 Å². The first-order valence-corrected chi connectivity index (χ1v) is 11.9. The van der Waals surface area contributed by atoms with Gasteiger partial charge in [0.2, 0.25) is 6.79 Å². The van der Waals surface area contributed by atoms with Gasteiger partial charge >= 0.3 is 5.97 Å². The zero-order valence-corrected chi connectivity index (χ0v) is 18.3. The number of fused-ring (bicyclic) bond motifs is 1. The zero-order valence-electron chi connectivity index (χ0n) is 17.5. The van der Waals surface area contributed by atoms with E-state index in [1.165, 1.54) is 17.0 Å². The molecule has 2 aliphatic rings. The van der Waals surface area contributed by atoms with Crippen molar-refractivity contribution in [3.63, 3.8) is 0 Å². The first-order chi connectivity index (χ1) is 14.7. The standard InChI is InChI=1S/C20H26N2O8S/c1-3-13(2)22(15-6-7-31(26,27)11-15)18(23)10-28-19(24)9-21-20(25)14-4-5-16-17(8-14)30-12-29-16/h4-5,8,13,15H,3,6-7,9-12H2,1-2H3,(H,21,25)/t13-,15-/m0/s1. The fourth-order valence-electron chi connectivity index (χ4n) is 3.56. The number of ether oxygens (including phenoxy) is 3. The number of benzene rings is 1. The van der Waals surface area contributed by atoms with Gasteiger partial charge in [-0.3, -0.25) is 14.4 Å². The lowest BCUT2D eigenvalue weighted by Gasteiger charge is -2.33. The number of hydrogen-bond donors (Lipinski definition) is 1. The molecule has 0 aromatic heterocycles. The van der Waals surface area contributed by atoms with Gasteiger partial charge in [0.25, 0.3) is 11.8 Å². The molecule has 1 fully saturated rings. The van der Waals surface area contributed by atoms with E-state index in [1.54, 1.807) is 6.07 Å². The molecule has 1 N–H and O–H groups in total. The third-order valence-corrected chi connectivity index (χ3v) is 7.09. The molecule has 2 aliphatic heterocycles. The van der Waals surface area contributed by atoms with Gasteiger partial charge in [0.1, 0.15) is 6.54 Å². The minimum atomic E-state index is -3.16. The van der Waals surface area contributed by atoms with Gasteiger partial charge in [0, 0.05) is 17.6 Å². The highest BCUT2D eigenvalue weighted by Gasteiger charge is 2.36. The van der Waals surface area contributed by atoms with E-state index in [4.69, 9.17) is 14.2 Å². The highest BCUT2D eigenvalue weighted by Crippen LogP contribution is 2.32. The van der Waals surface area contributed by atoms with Crippen LogP contribution in [0.25, 0.3) is 0 Å². The highest BCUT2D eigenvalue weighted by molar-refractivity contribution is 7.91. The van der Waals surface area contributed by atoms with Gasteiger partial charge in [-0.05, 0) is 38.0 Å². The lowest BCUT2D eigenvalue weighted by atomic mass is 10.1. The van der Waals surface area contributed by atoms with Gasteiger partial charge < -0.3 is 24.4 Å². The molecular formula is C20H26N2O8S. The predicted octanol–water partition coefficient (Wildman–Crippen LogP) is 0.503. The highest BCUT2D eigenvalue weighted by atomic mass is 32.2. The summed E-state index contributed by atoms with van der Waals surface area (Å²) in [6, 6.07) is 4.04. The van der Waals surface area contributed by atoms with Crippen LogP contribution in [0.15, 0.2) is 18.2 Å². The molecule has 0 spiro atoms. The molecule has 2 amide bonds. The Balaban J connectivity index is 1.49. The first-order valence-electron chi connectivity index (χ1n) is 10.0. The molecule has 10 nitrogen and oxygen atoms in total. The molecular weight excluding hydrogens is 428 g/mol. The lowest BCUT2D eigenvalue weighted by molar-refractivity contribution is -0.153. The van der Waals surface area contributed by atoms with Crippen LogP contribution in [-0.2, 0) is 24.2 Å². The van der Waals surface area contributed by atoms with E-state index in [0.29, 0.717) is 29.9 Å². The molecule has 0 radical (unpaired) electrons. The zero-order chi connectivity index (χ0) is 22.6. The Hall–Kier alpha value is -2.82. The van der Waals surface area contributed by atoms with Crippen LogP contribution in [0.3, 0.4) is 0 Å². The van der Waals surface area contributed by atoms with Crippen molar-refractivity contribution >= 4 is 27.6 Å². The van der Waals surface area contributed by atoms with Crippen molar-refractivity contribution in [1.82, 2.24) is 10.2 Å². The summed E-state index contributed by atoms with van der Waals surface area (Å²) in [4.78, 5) is 38.4. The monoisotopic (exact) mass is 454 g/mol. The van der Waals surface area contributed by atoms with E-state index in [1.807, 2.05) is 13.8 Å². The number of nitrogens with one attached hydrogen (secondary N) is 1. The summed E-state index contributed by atoms with van der Waals surface area (Å²) in [5, 5.41) is 2.43. The minimum absolute atomic E-state index is 0.0452. The van der Waals surface area contributed by atoms with Crippen LogP contribution < -0.4 is 14.8 Å². The van der Waals surface area contributed by atoms with Crippen LogP contribution in [0.4, 0.5) is 0 Å². The maximum Gasteiger partial charge on any atom is 0.325 e. The molecule has 2 heterocycles. The van der Waals surface area contributed by atoms with Crippen LogP contribution in [0.5, 0.6) is 11.5 Å². The van der Waals surface area contributed by atoms with Crippen LogP contribution in [0, 0.1) is 0 Å². The normalized spacial score (nSPS) is 19.5. The summed E-state index contributed by atoms with van der Waals surface area (Å²) >= 11 is 0. The number of hydrogen-bond acceptors (Lipinski definition) is 8. The Morgan fingerprint density at radius 3 is 2.68 bits per heavy atom. The largest absolute Gasteiger partial charge is 0.454 e. The smallest absolute Gasteiger partial charge is 0.325 e. The summed E-state index contributed by atoms with van der Waals surface area (Å²) in [5.41, 5.74) is 0.290. The molecule has 11 heteroatoms. The molecule has 1 aromatic carbocycles. The average molecular weight is 455 g/mol. The predicted molar refractivity (Wildman–Crippen MR) is 110 cm³/mol. The van der Waals surface area contributed by atoms with Gasteiger partial charge in [-0.15, -0.1) is 0 Å². The molecule has 0 aliphatic carbocycles. The molecule has 2 atom stereocenters. The Morgan fingerprint density at radius 1 is 1.26 bits per heavy atom. The summed E-state index contributed by atoms with van der Waals surface area (Å²) in [7, 11) is -3.16. The van der Waals surface area contributed by atoms with Gasteiger partial charge in [-0.25, -0.2) is 8.42 Å². The van der Waals surface area contributed by atoms with Crippen LogP contribution in [-0.4, -0.2) is 74.6 Å². The van der Waals surface area contributed by atoms with Crippen molar-refractivity contribution in [3.8, 4) is 11.5 Å². The van der Waals surface area contributed by atoms with E-state index in [9.17, 15) is 22.8 Å². The van der Waals surface area contributed by atoms with Gasteiger partial charge in [-0.1, -0.05) is 6.92 Å². The fraction of sp³-hybridized carbons (Fsp3) is 0.550. The van der Waals surface area contributed by atoms with Gasteiger partial charge in [-0.2, -0.15) is 0 Å². The number of rotatable bonds is 8. The topological polar surface area (TPSA) is 128 Å². The first kappa shape index (κ1) is 22.9. The van der Waals surface area contributed by atoms with Crippen molar-refractivity contribution in [2.75, 3.05) is 31.5 Å². The maximum atomic E-state index is 12.7. The van der Waals surface area contributed by atoms with Crippen molar-refractivity contribution in [1.29, 1.82) is 0 Å². The van der Waals surface area contributed by atoms with Crippen molar-refractivity contribution in [3.05, 3.63) is 23.8 Å². The number of amides is 2. The van der Waals surface area contributed by atoms with Crippen LogP contribution >= 0.6 is 0 Å². The number of sulfone groups is 1. The number of carbonyl (C=O) groups excluding carboxylic acids is 3.